The van der Waals surface area contributed by atoms with Gasteiger partial charge in [0.1, 0.15) is 11.9 Å². The number of methoxy groups -OCH3 is 1. The van der Waals surface area contributed by atoms with Gasteiger partial charge in [0, 0.05) is 11.3 Å². The van der Waals surface area contributed by atoms with Crippen molar-refractivity contribution in [3.8, 4) is 0 Å². The zero-order valence-corrected chi connectivity index (χ0v) is 17.4. The molecule has 1 aromatic carbocycles. The summed E-state index contributed by atoms with van der Waals surface area (Å²) >= 11 is 0. The second-order valence-electron chi connectivity index (χ2n) is 7.95. The molecule has 29 heavy (non-hydrogen) atoms. The van der Waals surface area contributed by atoms with Crippen molar-refractivity contribution in [1.29, 1.82) is 0 Å². The topological polar surface area (TPSA) is 93.2 Å². The van der Waals surface area contributed by atoms with E-state index in [1.54, 1.807) is 0 Å². The highest BCUT2D eigenvalue weighted by molar-refractivity contribution is 5.91. The highest BCUT2D eigenvalue weighted by Gasteiger charge is 2.25. The van der Waals surface area contributed by atoms with E-state index in [1.807, 2.05) is 38.1 Å². The third kappa shape index (κ3) is 5.22. The summed E-state index contributed by atoms with van der Waals surface area (Å²) in [5.74, 6) is 0.932. The van der Waals surface area contributed by atoms with Crippen molar-refractivity contribution < 1.29 is 14.3 Å². The maximum absolute atomic E-state index is 12.5. The summed E-state index contributed by atoms with van der Waals surface area (Å²) in [4.78, 5) is 33.9. The van der Waals surface area contributed by atoms with Crippen molar-refractivity contribution in [3.05, 3.63) is 30.1 Å². The Morgan fingerprint density at radius 1 is 1.14 bits per heavy atom. The minimum absolute atomic E-state index is 0.0191. The molecule has 1 aliphatic carbocycles. The standard InChI is InChI=1S/C22H30N4O3/c1-14(2)19(22(28)29-3)26-20-16-11-7-8-12-17(16)24-18(25-20)13-23-21(27)15-9-5-4-6-10-15/h7-8,11-12,14-15,19H,4-6,9-10,13H2,1-3H3,(H,23,27)(H,24,25,26)/t19-/m0/s1. The fourth-order valence-corrected chi connectivity index (χ4v) is 3.76. The number of para-hydroxylation sites is 1. The van der Waals surface area contributed by atoms with E-state index >= 15 is 0 Å². The van der Waals surface area contributed by atoms with Crippen LogP contribution >= 0.6 is 0 Å². The summed E-state index contributed by atoms with van der Waals surface area (Å²) in [5, 5.41) is 7.04. The Morgan fingerprint density at radius 3 is 2.55 bits per heavy atom. The van der Waals surface area contributed by atoms with Crippen LogP contribution in [0, 0.1) is 11.8 Å². The molecule has 0 radical (unpaired) electrons. The average molecular weight is 399 g/mol. The van der Waals surface area contributed by atoms with Crippen LogP contribution < -0.4 is 10.6 Å². The fraction of sp³-hybridized carbons (Fsp3) is 0.545. The molecule has 7 heteroatoms. The van der Waals surface area contributed by atoms with Crippen molar-refractivity contribution in [3.63, 3.8) is 0 Å². The number of fused-ring (bicyclic) bond motifs is 1. The maximum Gasteiger partial charge on any atom is 0.328 e. The molecule has 1 heterocycles. The minimum Gasteiger partial charge on any atom is -0.467 e. The predicted molar refractivity (Wildman–Crippen MR) is 112 cm³/mol. The van der Waals surface area contributed by atoms with Crippen molar-refractivity contribution in [2.24, 2.45) is 11.8 Å². The van der Waals surface area contributed by atoms with E-state index in [2.05, 4.69) is 20.6 Å². The van der Waals surface area contributed by atoms with Crippen molar-refractivity contribution in [2.45, 2.75) is 58.5 Å². The lowest BCUT2D eigenvalue weighted by Crippen LogP contribution is -2.36. The molecule has 156 valence electrons. The van der Waals surface area contributed by atoms with Crippen LogP contribution in [0.1, 0.15) is 51.8 Å². The van der Waals surface area contributed by atoms with Crippen LogP contribution in [0.15, 0.2) is 24.3 Å². The number of anilines is 1. The maximum atomic E-state index is 12.5. The molecule has 1 amide bonds. The second-order valence-corrected chi connectivity index (χ2v) is 7.95. The van der Waals surface area contributed by atoms with Gasteiger partial charge in [0.15, 0.2) is 5.82 Å². The van der Waals surface area contributed by atoms with E-state index in [9.17, 15) is 9.59 Å². The lowest BCUT2D eigenvalue weighted by atomic mass is 9.89. The van der Waals surface area contributed by atoms with Gasteiger partial charge in [0.2, 0.25) is 5.91 Å². The highest BCUT2D eigenvalue weighted by Crippen LogP contribution is 2.25. The Morgan fingerprint density at radius 2 is 1.86 bits per heavy atom. The lowest BCUT2D eigenvalue weighted by molar-refractivity contribution is -0.142. The van der Waals surface area contributed by atoms with Crippen LogP contribution in [0.5, 0.6) is 0 Å². The molecule has 2 aromatic rings. The van der Waals surface area contributed by atoms with Crippen LogP contribution in [0.4, 0.5) is 5.82 Å². The minimum atomic E-state index is -0.525. The number of benzene rings is 1. The van der Waals surface area contributed by atoms with Crippen LogP contribution in [0.25, 0.3) is 10.9 Å². The number of aromatic nitrogens is 2. The molecule has 0 bridgehead atoms. The van der Waals surface area contributed by atoms with E-state index in [0.29, 0.717) is 11.6 Å². The predicted octanol–water partition coefficient (Wildman–Crippen LogP) is 3.44. The monoisotopic (exact) mass is 398 g/mol. The van der Waals surface area contributed by atoms with Crippen LogP contribution in [-0.4, -0.2) is 35.0 Å². The van der Waals surface area contributed by atoms with Gasteiger partial charge in [-0.05, 0) is 30.9 Å². The van der Waals surface area contributed by atoms with Gasteiger partial charge >= 0.3 is 5.97 Å². The summed E-state index contributed by atoms with van der Waals surface area (Å²) in [7, 11) is 1.38. The first-order valence-corrected chi connectivity index (χ1v) is 10.4. The zero-order valence-electron chi connectivity index (χ0n) is 17.4. The van der Waals surface area contributed by atoms with E-state index in [0.717, 1.165) is 36.6 Å². The van der Waals surface area contributed by atoms with Gasteiger partial charge in [-0.15, -0.1) is 0 Å². The number of nitrogens with one attached hydrogen (secondary N) is 2. The molecule has 2 N–H and O–H groups in total. The molecule has 0 spiro atoms. The van der Waals surface area contributed by atoms with Crippen molar-refractivity contribution in [1.82, 2.24) is 15.3 Å². The number of rotatable bonds is 7. The van der Waals surface area contributed by atoms with Gasteiger partial charge < -0.3 is 15.4 Å². The normalized spacial score (nSPS) is 15.9. The number of nitrogens with zero attached hydrogens (tertiary/aromatic N) is 2. The van der Waals surface area contributed by atoms with Gasteiger partial charge in [0.25, 0.3) is 0 Å². The van der Waals surface area contributed by atoms with E-state index in [4.69, 9.17) is 4.74 Å². The molecule has 1 aliphatic rings. The van der Waals surface area contributed by atoms with Crippen LogP contribution in [0.2, 0.25) is 0 Å². The summed E-state index contributed by atoms with van der Waals surface area (Å²) in [6, 6.07) is 7.10. The first kappa shape index (κ1) is 21.0. The smallest absolute Gasteiger partial charge is 0.328 e. The molecule has 0 unspecified atom stereocenters. The van der Waals surface area contributed by atoms with Gasteiger partial charge in [-0.3, -0.25) is 4.79 Å². The summed E-state index contributed by atoms with van der Waals surface area (Å²) < 4.78 is 4.93. The molecule has 1 saturated carbocycles. The lowest BCUT2D eigenvalue weighted by Gasteiger charge is -2.22. The van der Waals surface area contributed by atoms with Crippen molar-refractivity contribution >= 4 is 28.6 Å². The fourth-order valence-electron chi connectivity index (χ4n) is 3.76. The first-order chi connectivity index (χ1) is 14.0. The van der Waals surface area contributed by atoms with Crippen molar-refractivity contribution in [2.75, 3.05) is 12.4 Å². The number of hydrogen-bond donors (Lipinski definition) is 2. The summed E-state index contributed by atoms with van der Waals surface area (Å²) in [5.41, 5.74) is 0.763. The zero-order chi connectivity index (χ0) is 20.8. The third-order valence-corrected chi connectivity index (χ3v) is 5.46. The first-order valence-electron chi connectivity index (χ1n) is 10.4. The SMILES string of the molecule is COC(=O)[C@@H](Nc1nc(CNC(=O)C2CCCCC2)nc2ccccc12)C(C)C. The molecular formula is C22H30N4O3. The summed E-state index contributed by atoms with van der Waals surface area (Å²) in [6.07, 6.45) is 5.34. The Labute approximate surface area is 171 Å². The quantitative estimate of drug-likeness (QED) is 0.694. The number of hydrogen-bond acceptors (Lipinski definition) is 6. The highest BCUT2D eigenvalue weighted by atomic mass is 16.5. The number of esters is 1. The number of amides is 1. The van der Waals surface area contributed by atoms with Crippen LogP contribution in [0.3, 0.4) is 0 Å². The molecule has 0 saturated heterocycles. The average Bonchev–Trinajstić information content (AvgIpc) is 2.75. The second kappa shape index (κ2) is 9.67. The van der Waals surface area contributed by atoms with E-state index in [1.165, 1.54) is 13.5 Å². The molecule has 1 aromatic heterocycles. The Balaban J connectivity index is 1.81. The Hall–Kier alpha value is -2.70. The number of carbonyl (C=O) groups is 2. The van der Waals surface area contributed by atoms with Gasteiger partial charge in [-0.2, -0.15) is 0 Å². The summed E-state index contributed by atoms with van der Waals surface area (Å²) in [6.45, 7) is 4.16. The largest absolute Gasteiger partial charge is 0.467 e. The van der Waals surface area contributed by atoms with Gasteiger partial charge in [0.05, 0.1) is 19.2 Å². The molecule has 1 fully saturated rings. The number of ether oxygens (including phenoxy) is 1. The van der Waals surface area contributed by atoms with E-state index < -0.39 is 6.04 Å². The van der Waals surface area contributed by atoms with Gasteiger partial charge in [-0.25, -0.2) is 14.8 Å². The molecule has 1 atom stereocenters. The molecule has 3 rings (SSSR count). The van der Waals surface area contributed by atoms with E-state index in [-0.39, 0.29) is 30.3 Å². The molecular weight excluding hydrogens is 368 g/mol. The third-order valence-electron chi connectivity index (χ3n) is 5.46. The van der Waals surface area contributed by atoms with Gasteiger partial charge in [-0.1, -0.05) is 45.2 Å². The number of carbonyl (C=O) groups excluding carboxylic acids is 2. The Bertz CT molecular complexity index is 862. The molecule has 7 nitrogen and oxygen atoms in total. The van der Waals surface area contributed by atoms with Crippen LogP contribution in [-0.2, 0) is 20.9 Å². The molecule has 0 aliphatic heterocycles. The Kier molecular flexibility index (Phi) is 7.01.